The van der Waals surface area contributed by atoms with Gasteiger partial charge in [0.25, 0.3) is 0 Å². The fourth-order valence-electron chi connectivity index (χ4n) is 3.47. The second-order valence-corrected chi connectivity index (χ2v) is 8.90. The normalized spacial score (nSPS) is 12.0. The van der Waals surface area contributed by atoms with Crippen molar-refractivity contribution in [1.29, 1.82) is 0 Å². The molecule has 1 N–H and O–H groups in total. The molecule has 0 aromatic heterocycles. The van der Waals surface area contributed by atoms with Crippen LogP contribution < -0.4 is 5.32 Å². The van der Waals surface area contributed by atoms with Crippen LogP contribution in [0.1, 0.15) is 51.7 Å². The van der Waals surface area contributed by atoms with Gasteiger partial charge in [-0.15, -0.1) is 0 Å². The molecule has 1 amide bonds. The van der Waals surface area contributed by atoms with Crippen LogP contribution in [0.25, 0.3) is 0 Å². The number of hydrogen-bond donors (Lipinski definition) is 1. The molecule has 0 fully saturated rings. The number of amides is 1. The summed E-state index contributed by atoms with van der Waals surface area (Å²) in [6, 6.07) is 8.23. The summed E-state index contributed by atoms with van der Waals surface area (Å²) in [5, 5.41) is 2.90. The van der Waals surface area contributed by atoms with Crippen LogP contribution >= 0.6 is 0 Å². The van der Waals surface area contributed by atoms with E-state index in [0.717, 1.165) is 12.0 Å². The number of rotatable bonds is 19. The number of carbonyl (C=O) groups is 3. The molecule has 0 saturated heterocycles. The summed E-state index contributed by atoms with van der Waals surface area (Å²) < 4.78 is 21.0. The van der Waals surface area contributed by atoms with Gasteiger partial charge in [-0.3, -0.25) is 19.3 Å². The Morgan fingerprint density at radius 1 is 0.833 bits per heavy atom. The Labute approximate surface area is 215 Å². The van der Waals surface area contributed by atoms with E-state index in [9.17, 15) is 14.4 Å². The third-order valence-electron chi connectivity index (χ3n) is 5.30. The van der Waals surface area contributed by atoms with Crippen molar-refractivity contribution in [1.82, 2.24) is 10.2 Å². The molecule has 0 spiro atoms. The minimum atomic E-state index is -0.398. The van der Waals surface area contributed by atoms with Gasteiger partial charge in [0.2, 0.25) is 5.91 Å². The molecule has 1 atom stereocenters. The Kier molecular flexibility index (Phi) is 16.4. The highest BCUT2D eigenvalue weighted by molar-refractivity contribution is 5.83. The summed E-state index contributed by atoms with van der Waals surface area (Å²) in [4.78, 5) is 37.5. The van der Waals surface area contributed by atoms with E-state index < -0.39 is 11.9 Å². The number of hydrogen-bond acceptors (Lipinski definition) is 8. The number of benzene rings is 1. The summed E-state index contributed by atoms with van der Waals surface area (Å²) in [5.74, 6) is -0.457. The van der Waals surface area contributed by atoms with E-state index >= 15 is 0 Å². The van der Waals surface area contributed by atoms with Gasteiger partial charge < -0.3 is 24.3 Å². The predicted molar refractivity (Wildman–Crippen MR) is 138 cm³/mol. The van der Waals surface area contributed by atoms with E-state index in [1.54, 1.807) is 18.7 Å². The van der Waals surface area contributed by atoms with Gasteiger partial charge in [0.05, 0.1) is 58.6 Å². The van der Waals surface area contributed by atoms with Crippen molar-refractivity contribution in [2.24, 2.45) is 5.92 Å². The highest BCUT2D eigenvalue weighted by atomic mass is 16.5. The molecule has 1 rings (SSSR count). The van der Waals surface area contributed by atoms with Crippen LogP contribution in [0.5, 0.6) is 0 Å². The molecular formula is C27H44N2O7. The van der Waals surface area contributed by atoms with Crippen molar-refractivity contribution in [2.45, 2.75) is 47.0 Å². The van der Waals surface area contributed by atoms with Crippen molar-refractivity contribution >= 4 is 17.8 Å². The quantitative estimate of drug-likeness (QED) is 0.225. The Morgan fingerprint density at radius 3 is 1.92 bits per heavy atom. The van der Waals surface area contributed by atoms with Crippen molar-refractivity contribution in [2.75, 3.05) is 65.8 Å². The van der Waals surface area contributed by atoms with Gasteiger partial charge >= 0.3 is 11.9 Å². The number of nitrogens with one attached hydrogen (secondary N) is 1. The lowest BCUT2D eigenvalue weighted by atomic mass is 9.96. The van der Waals surface area contributed by atoms with Gasteiger partial charge in [-0.25, -0.2) is 0 Å². The summed E-state index contributed by atoms with van der Waals surface area (Å²) >= 11 is 0. The third kappa shape index (κ3) is 14.2. The fraction of sp³-hybridized carbons (Fsp3) is 0.667. The number of nitrogens with zero attached hydrogens (tertiary/aromatic N) is 1. The molecule has 0 aliphatic heterocycles. The number of esters is 2. The molecule has 9 nitrogen and oxygen atoms in total. The van der Waals surface area contributed by atoms with Crippen LogP contribution in [-0.2, 0) is 39.8 Å². The average Bonchev–Trinajstić information content (AvgIpc) is 2.82. The van der Waals surface area contributed by atoms with E-state index in [-0.39, 0.29) is 38.1 Å². The van der Waals surface area contributed by atoms with Crippen molar-refractivity contribution in [3.8, 4) is 0 Å². The van der Waals surface area contributed by atoms with E-state index in [4.69, 9.17) is 18.9 Å². The Balaban J connectivity index is 2.20. The number of carbonyl (C=O) groups excluding carboxylic acids is 3. The van der Waals surface area contributed by atoms with Gasteiger partial charge in [0.1, 0.15) is 0 Å². The van der Waals surface area contributed by atoms with E-state index in [1.165, 1.54) is 5.56 Å². The third-order valence-corrected chi connectivity index (χ3v) is 5.30. The molecule has 0 heterocycles. The largest absolute Gasteiger partial charge is 0.465 e. The van der Waals surface area contributed by atoms with Crippen LogP contribution in [0.2, 0.25) is 0 Å². The zero-order valence-corrected chi connectivity index (χ0v) is 22.5. The highest BCUT2D eigenvalue weighted by Crippen LogP contribution is 2.17. The first-order valence-electron chi connectivity index (χ1n) is 12.8. The smallest absolute Gasteiger partial charge is 0.320 e. The summed E-state index contributed by atoms with van der Waals surface area (Å²) in [5.41, 5.74) is 2.27. The Bertz CT molecular complexity index is 748. The lowest BCUT2D eigenvalue weighted by Gasteiger charge is -2.20. The first-order valence-corrected chi connectivity index (χ1v) is 12.8. The minimum absolute atomic E-state index is 0.00722. The molecule has 9 heteroatoms. The second kappa shape index (κ2) is 18.7. The highest BCUT2D eigenvalue weighted by Gasteiger charge is 2.16. The lowest BCUT2D eigenvalue weighted by molar-refractivity contribution is -0.148. The molecule has 0 aliphatic rings. The standard InChI is InChI=1S/C27H44N2O7/c1-6-35-25(30)19-29(20-26(31)36-7-2)13-15-34-17-16-33-14-12-28-27(32)22(5)24-10-8-23(9-11-24)18-21(3)4/h8-11,21-22H,6-7,12-20H2,1-5H3,(H,28,32)/t22-/m0/s1. The van der Waals surface area contributed by atoms with Gasteiger partial charge in [-0.1, -0.05) is 38.1 Å². The monoisotopic (exact) mass is 508 g/mol. The zero-order valence-electron chi connectivity index (χ0n) is 22.5. The van der Waals surface area contributed by atoms with Gasteiger partial charge in [-0.05, 0) is 44.2 Å². The summed E-state index contributed by atoms with van der Waals surface area (Å²) in [6.07, 6.45) is 1.03. The van der Waals surface area contributed by atoms with Crippen LogP contribution in [0.4, 0.5) is 0 Å². The van der Waals surface area contributed by atoms with Crippen LogP contribution in [0.3, 0.4) is 0 Å². The first-order chi connectivity index (χ1) is 17.3. The van der Waals surface area contributed by atoms with Crippen LogP contribution in [0.15, 0.2) is 24.3 Å². The average molecular weight is 509 g/mol. The molecule has 204 valence electrons. The van der Waals surface area contributed by atoms with Crippen LogP contribution in [0, 0.1) is 5.92 Å². The maximum atomic E-state index is 12.4. The number of ether oxygens (including phenoxy) is 4. The molecule has 1 aromatic carbocycles. The van der Waals surface area contributed by atoms with E-state index in [0.29, 0.717) is 45.4 Å². The predicted octanol–water partition coefficient (Wildman–Crippen LogP) is 2.57. The van der Waals surface area contributed by atoms with Gasteiger partial charge in [0, 0.05) is 13.1 Å². The van der Waals surface area contributed by atoms with Crippen LogP contribution in [-0.4, -0.2) is 88.6 Å². The molecule has 0 bridgehead atoms. The molecule has 36 heavy (non-hydrogen) atoms. The Hall–Kier alpha value is -2.49. The fourth-order valence-corrected chi connectivity index (χ4v) is 3.47. The molecule has 1 aromatic rings. The molecule has 0 radical (unpaired) electrons. The van der Waals surface area contributed by atoms with Crippen molar-refractivity contribution in [3.05, 3.63) is 35.4 Å². The van der Waals surface area contributed by atoms with E-state index in [2.05, 4.69) is 31.3 Å². The second-order valence-electron chi connectivity index (χ2n) is 8.90. The molecule has 0 aliphatic carbocycles. The lowest BCUT2D eigenvalue weighted by Crippen LogP contribution is -2.38. The van der Waals surface area contributed by atoms with Gasteiger partial charge in [-0.2, -0.15) is 0 Å². The molecule has 0 saturated carbocycles. The molecular weight excluding hydrogens is 464 g/mol. The van der Waals surface area contributed by atoms with Crippen molar-refractivity contribution in [3.63, 3.8) is 0 Å². The first kappa shape index (κ1) is 31.5. The molecule has 0 unspecified atom stereocenters. The van der Waals surface area contributed by atoms with Crippen molar-refractivity contribution < 1.29 is 33.3 Å². The zero-order chi connectivity index (χ0) is 26.8. The Morgan fingerprint density at radius 2 is 1.39 bits per heavy atom. The topological polar surface area (TPSA) is 103 Å². The summed E-state index contributed by atoms with van der Waals surface area (Å²) in [6.45, 7) is 12.5. The maximum Gasteiger partial charge on any atom is 0.320 e. The van der Waals surface area contributed by atoms with Gasteiger partial charge in [0.15, 0.2) is 0 Å². The summed E-state index contributed by atoms with van der Waals surface area (Å²) in [7, 11) is 0. The minimum Gasteiger partial charge on any atom is -0.465 e. The van der Waals surface area contributed by atoms with E-state index in [1.807, 2.05) is 19.1 Å². The SMILES string of the molecule is CCOC(=O)CN(CCOCCOCCNC(=O)[C@@H](C)c1ccc(CC(C)C)cc1)CC(=O)OCC. The maximum absolute atomic E-state index is 12.4.